The summed E-state index contributed by atoms with van der Waals surface area (Å²) in [5.41, 5.74) is 9.78. The molecule has 28 heavy (non-hydrogen) atoms. The fourth-order valence-corrected chi connectivity index (χ4v) is 4.33. The van der Waals surface area contributed by atoms with Gasteiger partial charge in [-0.05, 0) is 43.3 Å². The lowest BCUT2D eigenvalue weighted by molar-refractivity contribution is 0.262. The molecule has 0 heterocycles. The molecule has 0 spiro atoms. The van der Waals surface area contributed by atoms with Crippen molar-refractivity contribution >= 4 is 8.80 Å². The van der Waals surface area contributed by atoms with Gasteiger partial charge in [0, 0.05) is 6.17 Å². The van der Waals surface area contributed by atoms with E-state index in [2.05, 4.69) is 0 Å². The third-order valence-corrected chi connectivity index (χ3v) is 5.99. The molecule has 0 saturated carbocycles. The molecule has 3 aromatic rings. The van der Waals surface area contributed by atoms with Gasteiger partial charge in [0.2, 0.25) is 0 Å². The van der Waals surface area contributed by atoms with Crippen LogP contribution in [0.5, 0.6) is 17.2 Å². The van der Waals surface area contributed by atoms with Gasteiger partial charge in [-0.3, -0.25) is 0 Å². The Hall–Kier alpha value is -2.80. The van der Waals surface area contributed by atoms with Crippen LogP contribution in [0.1, 0.15) is 13.8 Å². The van der Waals surface area contributed by atoms with Crippen molar-refractivity contribution in [1.29, 1.82) is 0 Å². The van der Waals surface area contributed by atoms with Crippen LogP contribution in [0.15, 0.2) is 91.0 Å². The van der Waals surface area contributed by atoms with Gasteiger partial charge in [-0.2, -0.15) is 0 Å². The molecule has 0 atom stereocenters. The lowest BCUT2D eigenvalue weighted by Gasteiger charge is -2.29. The summed E-state index contributed by atoms with van der Waals surface area (Å²) in [4.78, 5) is 0. The van der Waals surface area contributed by atoms with E-state index in [4.69, 9.17) is 24.7 Å². The second-order valence-electron chi connectivity index (χ2n) is 6.14. The predicted octanol–water partition coefficient (Wildman–Crippen LogP) is 4.43. The van der Waals surface area contributed by atoms with E-state index >= 15 is 0 Å². The number of rotatable bonds is 7. The Morgan fingerprint density at radius 3 is 1.11 bits per heavy atom. The van der Waals surface area contributed by atoms with E-state index in [0.29, 0.717) is 6.04 Å². The molecule has 0 aliphatic heterocycles. The van der Waals surface area contributed by atoms with E-state index in [1.165, 1.54) is 0 Å². The molecule has 3 rings (SSSR count). The maximum Gasteiger partial charge on any atom is 0.699 e. The maximum absolute atomic E-state index is 6.25. The SMILES string of the molecule is CC(N)N.CC[Si](Oc1ccccc1)(Oc1ccccc1)Oc1ccccc1. The number of benzene rings is 3. The lowest BCUT2D eigenvalue weighted by Crippen LogP contribution is -2.54. The molecule has 0 saturated heterocycles. The standard InChI is InChI=1S/C20H20O3Si.C2H8N2/c1-2-24(21-18-12-6-3-7-13-18,22-19-14-8-4-9-15-19)23-20-16-10-5-11-17-20;1-2(3)4/h3-17H,2H2,1H3;2H,3-4H2,1H3. The van der Waals surface area contributed by atoms with Crippen molar-refractivity contribution in [2.24, 2.45) is 11.5 Å². The number of para-hydroxylation sites is 3. The summed E-state index contributed by atoms with van der Waals surface area (Å²) in [7, 11) is -2.99. The van der Waals surface area contributed by atoms with Crippen LogP contribution in [0.3, 0.4) is 0 Å². The smallest absolute Gasteiger partial charge is 0.483 e. The average molecular weight is 397 g/mol. The zero-order chi connectivity index (χ0) is 20.2. The Kier molecular flexibility index (Phi) is 8.55. The van der Waals surface area contributed by atoms with Crippen LogP contribution in [0.2, 0.25) is 6.04 Å². The summed E-state index contributed by atoms with van der Waals surface area (Å²) < 4.78 is 18.8. The van der Waals surface area contributed by atoms with Crippen molar-refractivity contribution in [2.45, 2.75) is 26.1 Å². The lowest BCUT2D eigenvalue weighted by atomic mass is 10.3. The molecule has 6 heteroatoms. The summed E-state index contributed by atoms with van der Waals surface area (Å²) in [6.45, 7) is 3.75. The van der Waals surface area contributed by atoms with Crippen molar-refractivity contribution in [1.82, 2.24) is 0 Å². The van der Waals surface area contributed by atoms with Gasteiger partial charge in [-0.1, -0.05) is 61.5 Å². The fraction of sp³-hybridized carbons (Fsp3) is 0.182. The van der Waals surface area contributed by atoms with Gasteiger partial charge in [0.1, 0.15) is 17.2 Å². The number of nitrogens with two attached hydrogens (primary N) is 2. The summed E-state index contributed by atoms with van der Waals surface area (Å²) >= 11 is 0. The summed E-state index contributed by atoms with van der Waals surface area (Å²) in [5, 5.41) is 0. The molecule has 0 radical (unpaired) electrons. The Morgan fingerprint density at radius 1 is 0.643 bits per heavy atom. The van der Waals surface area contributed by atoms with E-state index < -0.39 is 8.80 Å². The van der Waals surface area contributed by atoms with Crippen molar-refractivity contribution < 1.29 is 13.3 Å². The molecule has 0 aliphatic carbocycles. The van der Waals surface area contributed by atoms with Gasteiger partial charge in [-0.25, -0.2) is 0 Å². The molecule has 0 amide bonds. The third-order valence-electron chi connectivity index (χ3n) is 3.48. The minimum Gasteiger partial charge on any atom is -0.483 e. The van der Waals surface area contributed by atoms with Crippen LogP contribution < -0.4 is 24.7 Å². The van der Waals surface area contributed by atoms with E-state index in [1.54, 1.807) is 6.92 Å². The van der Waals surface area contributed by atoms with Gasteiger partial charge in [0.25, 0.3) is 0 Å². The highest BCUT2D eigenvalue weighted by Crippen LogP contribution is 2.26. The van der Waals surface area contributed by atoms with Crippen LogP contribution in [0, 0.1) is 0 Å². The molecule has 0 fully saturated rings. The minimum atomic E-state index is -2.99. The van der Waals surface area contributed by atoms with E-state index in [-0.39, 0.29) is 6.17 Å². The molecule has 4 N–H and O–H groups in total. The van der Waals surface area contributed by atoms with Gasteiger partial charge in [0.05, 0.1) is 6.04 Å². The van der Waals surface area contributed by atoms with E-state index in [1.807, 2.05) is 97.9 Å². The zero-order valence-corrected chi connectivity index (χ0v) is 17.3. The molecular formula is C22H28N2O3Si. The molecule has 0 unspecified atom stereocenters. The molecule has 0 aromatic heterocycles. The van der Waals surface area contributed by atoms with Crippen LogP contribution >= 0.6 is 0 Å². The Balaban J connectivity index is 0.000000640. The molecular weight excluding hydrogens is 368 g/mol. The second kappa shape index (κ2) is 11.1. The van der Waals surface area contributed by atoms with Crippen LogP contribution in [0.25, 0.3) is 0 Å². The molecule has 3 aromatic carbocycles. The van der Waals surface area contributed by atoms with Gasteiger partial charge in [-0.15, -0.1) is 0 Å². The van der Waals surface area contributed by atoms with E-state index in [9.17, 15) is 0 Å². The second-order valence-corrected chi connectivity index (χ2v) is 8.83. The first-order valence-corrected chi connectivity index (χ1v) is 11.2. The average Bonchev–Trinajstić information content (AvgIpc) is 2.70. The quantitative estimate of drug-likeness (QED) is 0.456. The summed E-state index contributed by atoms with van der Waals surface area (Å²) in [6, 6.07) is 29.7. The molecule has 0 bridgehead atoms. The third kappa shape index (κ3) is 7.44. The predicted molar refractivity (Wildman–Crippen MR) is 115 cm³/mol. The van der Waals surface area contributed by atoms with Crippen LogP contribution in [-0.4, -0.2) is 15.0 Å². The Bertz CT molecular complexity index is 682. The van der Waals surface area contributed by atoms with Gasteiger partial charge in [0.15, 0.2) is 0 Å². The fourth-order valence-electron chi connectivity index (χ4n) is 2.28. The first-order valence-electron chi connectivity index (χ1n) is 9.26. The van der Waals surface area contributed by atoms with Crippen molar-refractivity contribution in [3.8, 4) is 17.2 Å². The highest BCUT2D eigenvalue weighted by atomic mass is 28.4. The highest BCUT2D eigenvalue weighted by molar-refractivity contribution is 6.63. The summed E-state index contributed by atoms with van der Waals surface area (Å²) in [5.74, 6) is 2.24. The number of hydrogen-bond acceptors (Lipinski definition) is 5. The minimum absolute atomic E-state index is 0.167. The monoisotopic (exact) mass is 396 g/mol. The largest absolute Gasteiger partial charge is 0.699 e. The van der Waals surface area contributed by atoms with Crippen LogP contribution in [0.4, 0.5) is 0 Å². The molecule has 5 nitrogen and oxygen atoms in total. The normalized spacial score (nSPS) is 10.6. The highest BCUT2D eigenvalue weighted by Gasteiger charge is 2.47. The van der Waals surface area contributed by atoms with Crippen molar-refractivity contribution in [2.75, 3.05) is 0 Å². The van der Waals surface area contributed by atoms with E-state index in [0.717, 1.165) is 17.2 Å². The van der Waals surface area contributed by atoms with Crippen molar-refractivity contribution in [3.05, 3.63) is 91.0 Å². The van der Waals surface area contributed by atoms with Crippen LogP contribution in [-0.2, 0) is 0 Å². The zero-order valence-electron chi connectivity index (χ0n) is 16.3. The maximum atomic E-state index is 6.25. The van der Waals surface area contributed by atoms with Gasteiger partial charge >= 0.3 is 8.80 Å². The topological polar surface area (TPSA) is 79.7 Å². The number of hydrogen-bond donors (Lipinski definition) is 2. The first-order chi connectivity index (χ1) is 13.5. The molecule has 148 valence electrons. The first kappa shape index (κ1) is 21.5. The Morgan fingerprint density at radius 2 is 0.893 bits per heavy atom. The molecule has 0 aliphatic rings. The Labute approximate surface area is 168 Å². The van der Waals surface area contributed by atoms with Gasteiger partial charge < -0.3 is 24.7 Å². The summed E-state index contributed by atoms with van der Waals surface area (Å²) in [6.07, 6.45) is -0.167. The van der Waals surface area contributed by atoms with Crippen molar-refractivity contribution in [3.63, 3.8) is 0 Å².